The summed E-state index contributed by atoms with van der Waals surface area (Å²) in [7, 11) is 0. The zero-order chi connectivity index (χ0) is 8.39. The van der Waals surface area contributed by atoms with Crippen molar-refractivity contribution in [2.75, 3.05) is 6.61 Å². The average Bonchev–Trinajstić information content (AvgIpc) is 2.50. The van der Waals surface area contributed by atoms with Crippen LogP contribution in [0.2, 0.25) is 0 Å². The van der Waals surface area contributed by atoms with Crippen molar-refractivity contribution < 1.29 is 4.74 Å². The normalized spacial score (nSPS) is 10.4. The van der Waals surface area contributed by atoms with Gasteiger partial charge in [-0.15, -0.1) is 5.10 Å². The second-order valence-electron chi connectivity index (χ2n) is 2.34. The van der Waals surface area contributed by atoms with Gasteiger partial charge in [-0.25, -0.2) is 0 Å². The number of aromatic nitrogens is 3. The van der Waals surface area contributed by atoms with Gasteiger partial charge in [0.25, 0.3) is 0 Å². The van der Waals surface area contributed by atoms with Gasteiger partial charge < -0.3 is 4.74 Å². The molecular formula is C8H9N3O. The van der Waals surface area contributed by atoms with Crippen LogP contribution in [0.3, 0.4) is 0 Å². The SMILES string of the molecule is CCOc1nnc2ccccn12. The van der Waals surface area contributed by atoms with Gasteiger partial charge in [0.1, 0.15) is 0 Å². The van der Waals surface area contributed by atoms with E-state index in [2.05, 4.69) is 10.2 Å². The summed E-state index contributed by atoms with van der Waals surface area (Å²) in [4.78, 5) is 0. The van der Waals surface area contributed by atoms with Crippen LogP contribution < -0.4 is 4.74 Å². The molecule has 0 saturated heterocycles. The van der Waals surface area contributed by atoms with E-state index in [0.29, 0.717) is 12.6 Å². The maximum atomic E-state index is 5.25. The van der Waals surface area contributed by atoms with E-state index in [1.165, 1.54) is 0 Å². The Bertz CT molecular complexity index is 382. The van der Waals surface area contributed by atoms with Gasteiger partial charge in [0.2, 0.25) is 0 Å². The first-order valence-corrected chi connectivity index (χ1v) is 3.84. The first-order valence-electron chi connectivity index (χ1n) is 3.84. The van der Waals surface area contributed by atoms with E-state index < -0.39 is 0 Å². The summed E-state index contributed by atoms with van der Waals surface area (Å²) in [5, 5.41) is 7.80. The first-order chi connectivity index (χ1) is 5.92. The molecule has 0 unspecified atom stereocenters. The molecule has 0 spiro atoms. The van der Waals surface area contributed by atoms with Gasteiger partial charge in [-0.05, 0) is 19.1 Å². The average molecular weight is 163 g/mol. The molecule has 62 valence electrons. The molecule has 0 aliphatic heterocycles. The zero-order valence-electron chi connectivity index (χ0n) is 6.77. The smallest absolute Gasteiger partial charge is 0.321 e. The monoisotopic (exact) mass is 163 g/mol. The van der Waals surface area contributed by atoms with Crippen molar-refractivity contribution in [3.8, 4) is 6.01 Å². The van der Waals surface area contributed by atoms with E-state index in [-0.39, 0.29) is 0 Å². The van der Waals surface area contributed by atoms with Gasteiger partial charge in [-0.1, -0.05) is 11.2 Å². The highest BCUT2D eigenvalue weighted by Crippen LogP contribution is 2.08. The molecule has 0 amide bonds. The summed E-state index contributed by atoms with van der Waals surface area (Å²) in [5.41, 5.74) is 0.806. The zero-order valence-corrected chi connectivity index (χ0v) is 6.77. The summed E-state index contributed by atoms with van der Waals surface area (Å²) < 4.78 is 7.06. The predicted octanol–water partition coefficient (Wildman–Crippen LogP) is 1.13. The van der Waals surface area contributed by atoms with Crippen LogP contribution in [-0.4, -0.2) is 21.2 Å². The standard InChI is InChI=1S/C8H9N3O/c1-2-12-8-10-9-7-5-3-4-6-11(7)8/h3-6H,2H2,1H3. The summed E-state index contributed by atoms with van der Waals surface area (Å²) in [6.45, 7) is 2.53. The lowest BCUT2D eigenvalue weighted by atomic mass is 10.5. The van der Waals surface area contributed by atoms with Crippen LogP contribution in [0.15, 0.2) is 24.4 Å². The minimum Gasteiger partial charge on any atom is -0.464 e. The molecule has 0 aliphatic carbocycles. The Balaban J connectivity index is 2.55. The molecule has 4 heteroatoms. The molecule has 0 fully saturated rings. The molecule has 0 bridgehead atoms. The Labute approximate surface area is 69.8 Å². The topological polar surface area (TPSA) is 39.4 Å². The predicted molar refractivity (Wildman–Crippen MR) is 44.2 cm³/mol. The van der Waals surface area contributed by atoms with Gasteiger partial charge >= 0.3 is 6.01 Å². The highest BCUT2D eigenvalue weighted by Gasteiger charge is 2.02. The number of pyridine rings is 1. The Kier molecular flexibility index (Phi) is 1.66. The molecule has 0 aromatic carbocycles. The van der Waals surface area contributed by atoms with E-state index in [1.54, 1.807) is 0 Å². The van der Waals surface area contributed by atoms with Crippen LogP contribution in [-0.2, 0) is 0 Å². The molecule has 2 aromatic heterocycles. The van der Waals surface area contributed by atoms with Crippen LogP contribution in [0.4, 0.5) is 0 Å². The van der Waals surface area contributed by atoms with Gasteiger partial charge in [0.05, 0.1) is 6.61 Å². The van der Waals surface area contributed by atoms with Crippen LogP contribution in [0.25, 0.3) is 5.65 Å². The lowest BCUT2D eigenvalue weighted by molar-refractivity contribution is 0.309. The lowest BCUT2D eigenvalue weighted by Gasteiger charge is -1.97. The summed E-state index contributed by atoms with van der Waals surface area (Å²) in [5.74, 6) is 0. The van der Waals surface area contributed by atoms with Gasteiger partial charge in [0.15, 0.2) is 5.65 Å². The van der Waals surface area contributed by atoms with Crippen LogP contribution >= 0.6 is 0 Å². The van der Waals surface area contributed by atoms with Crippen molar-refractivity contribution in [1.29, 1.82) is 0 Å². The van der Waals surface area contributed by atoms with Crippen molar-refractivity contribution in [3.05, 3.63) is 24.4 Å². The fourth-order valence-corrected chi connectivity index (χ4v) is 1.05. The van der Waals surface area contributed by atoms with E-state index in [4.69, 9.17) is 4.74 Å². The van der Waals surface area contributed by atoms with Crippen LogP contribution in [0.1, 0.15) is 6.92 Å². The maximum absolute atomic E-state index is 5.25. The first kappa shape index (κ1) is 7.09. The van der Waals surface area contributed by atoms with Crippen molar-refractivity contribution in [2.45, 2.75) is 6.92 Å². The summed E-state index contributed by atoms with van der Waals surface area (Å²) >= 11 is 0. The van der Waals surface area contributed by atoms with E-state index in [0.717, 1.165) is 5.65 Å². The number of fused-ring (bicyclic) bond motifs is 1. The molecule has 0 saturated carbocycles. The molecule has 2 aromatic rings. The van der Waals surface area contributed by atoms with Crippen molar-refractivity contribution in [2.24, 2.45) is 0 Å². The number of ether oxygens (including phenoxy) is 1. The Morgan fingerprint density at radius 1 is 1.42 bits per heavy atom. The largest absolute Gasteiger partial charge is 0.464 e. The Morgan fingerprint density at radius 2 is 2.33 bits per heavy atom. The highest BCUT2D eigenvalue weighted by atomic mass is 16.5. The Hall–Kier alpha value is -1.58. The fraction of sp³-hybridized carbons (Fsp3) is 0.250. The van der Waals surface area contributed by atoms with Crippen molar-refractivity contribution >= 4 is 5.65 Å². The summed E-state index contributed by atoms with van der Waals surface area (Å²) in [6.07, 6.45) is 1.88. The number of rotatable bonds is 2. The summed E-state index contributed by atoms with van der Waals surface area (Å²) in [6, 6.07) is 6.27. The number of hydrogen-bond donors (Lipinski definition) is 0. The van der Waals surface area contributed by atoms with Crippen LogP contribution in [0, 0.1) is 0 Å². The number of hydrogen-bond acceptors (Lipinski definition) is 3. The van der Waals surface area contributed by atoms with E-state index in [9.17, 15) is 0 Å². The van der Waals surface area contributed by atoms with E-state index in [1.807, 2.05) is 35.7 Å². The third-order valence-corrected chi connectivity index (χ3v) is 1.56. The molecule has 4 nitrogen and oxygen atoms in total. The fourth-order valence-electron chi connectivity index (χ4n) is 1.05. The van der Waals surface area contributed by atoms with Gasteiger partial charge in [-0.3, -0.25) is 4.40 Å². The third-order valence-electron chi connectivity index (χ3n) is 1.56. The molecule has 0 aliphatic rings. The number of nitrogens with zero attached hydrogens (tertiary/aromatic N) is 3. The minimum atomic E-state index is 0.549. The van der Waals surface area contributed by atoms with E-state index >= 15 is 0 Å². The molecule has 12 heavy (non-hydrogen) atoms. The van der Waals surface area contributed by atoms with Gasteiger partial charge in [0, 0.05) is 6.20 Å². The molecule has 2 heterocycles. The molecule has 0 N–H and O–H groups in total. The third kappa shape index (κ3) is 1.01. The van der Waals surface area contributed by atoms with Gasteiger partial charge in [-0.2, -0.15) is 0 Å². The highest BCUT2D eigenvalue weighted by molar-refractivity contribution is 5.38. The molecular weight excluding hydrogens is 154 g/mol. The van der Waals surface area contributed by atoms with Crippen molar-refractivity contribution in [1.82, 2.24) is 14.6 Å². The molecule has 2 rings (SSSR count). The maximum Gasteiger partial charge on any atom is 0.321 e. The quantitative estimate of drug-likeness (QED) is 0.666. The second-order valence-corrected chi connectivity index (χ2v) is 2.34. The second kappa shape index (κ2) is 2.81. The Morgan fingerprint density at radius 3 is 3.17 bits per heavy atom. The molecule has 0 atom stereocenters. The minimum absolute atomic E-state index is 0.549. The van der Waals surface area contributed by atoms with Crippen molar-refractivity contribution in [3.63, 3.8) is 0 Å². The molecule has 0 radical (unpaired) electrons. The lowest BCUT2D eigenvalue weighted by Crippen LogP contribution is -1.96. The van der Waals surface area contributed by atoms with Crippen LogP contribution in [0.5, 0.6) is 6.01 Å².